The van der Waals surface area contributed by atoms with Gasteiger partial charge >= 0.3 is 0 Å². The summed E-state index contributed by atoms with van der Waals surface area (Å²) in [6, 6.07) is 5.95. The number of aromatic nitrogens is 2. The lowest BCUT2D eigenvalue weighted by Gasteiger charge is -2.12. The second-order valence-electron chi connectivity index (χ2n) is 4.59. The highest BCUT2D eigenvalue weighted by atomic mass is 16.5. The van der Waals surface area contributed by atoms with E-state index in [1.165, 1.54) is 5.56 Å². The molecule has 1 atom stereocenters. The van der Waals surface area contributed by atoms with Gasteiger partial charge in [0, 0.05) is 24.8 Å². The second-order valence-corrected chi connectivity index (χ2v) is 4.59. The number of rotatable bonds is 5. The molecule has 0 amide bonds. The molecule has 2 aromatic rings. The predicted octanol–water partition coefficient (Wildman–Crippen LogP) is 2.58. The van der Waals surface area contributed by atoms with Gasteiger partial charge in [-0.2, -0.15) is 0 Å². The summed E-state index contributed by atoms with van der Waals surface area (Å²) in [5, 5.41) is 7.40. The number of hydrogen-bond acceptors (Lipinski definition) is 4. The highest BCUT2D eigenvalue weighted by molar-refractivity contribution is 5.25. The third-order valence-corrected chi connectivity index (χ3v) is 3.06. The average molecular weight is 245 g/mol. The zero-order chi connectivity index (χ0) is 13.0. The molecule has 0 unspecified atom stereocenters. The Hall–Kier alpha value is -1.68. The first-order chi connectivity index (χ1) is 8.68. The summed E-state index contributed by atoms with van der Waals surface area (Å²) in [6.45, 7) is 7.80. The Balaban J connectivity index is 1.88. The third kappa shape index (κ3) is 2.96. The normalized spacial score (nSPS) is 12.6. The molecule has 0 aliphatic carbocycles. The van der Waals surface area contributed by atoms with Crippen LogP contribution in [0.2, 0.25) is 0 Å². The van der Waals surface area contributed by atoms with E-state index in [1.807, 2.05) is 38.2 Å². The highest BCUT2D eigenvalue weighted by Gasteiger charge is 2.15. The van der Waals surface area contributed by atoms with E-state index in [2.05, 4.69) is 22.4 Å². The van der Waals surface area contributed by atoms with Crippen LogP contribution in [-0.4, -0.2) is 16.7 Å². The maximum atomic E-state index is 5.19. The largest absolute Gasteiger partial charge is 0.361 e. The SMILES string of the molecule is Cc1noc(C)c1[C@H](C)CNCc1ccccn1. The lowest BCUT2D eigenvalue weighted by Crippen LogP contribution is -2.20. The molecule has 0 bridgehead atoms. The Bertz CT molecular complexity index is 473. The Kier molecular flexibility index (Phi) is 4.10. The van der Waals surface area contributed by atoms with Gasteiger partial charge in [0.1, 0.15) is 5.76 Å². The molecule has 2 aromatic heterocycles. The first kappa shape index (κ1) is 12.8. The fourth-order valence-corrected chi connectivity index (χ4v) is 2.22. The minimum atomic E-state index is 0.389. The second kappa shape index (κ2) is 5.78. The first-order valence-electron chi connectivity index (χ1n) is 6.22. The van der Waals surface area contributed by atoms with E-state index in [0.717, 1.165) is 30.2 Å². The van der Waals surface area contributed by atoms with Crippen LogP contribution in [0.3, 0.4) is 0 Å². The van der Waals surface area contributed by atoms with Gasteiger partial charge in [0.25, 0.3) is 0 Å². The standard InChI is InChI=1S/C14H19N3O/c1-10(14-11(2)17-18-12(14)3)8-15-9-13-6-4-5-7-16-13/h4-7,10,15H,8-9H2,1-3H3/t10-/m1/s1. The third-order valence-electron chi connectivity index (χ3n) is 3.06. The fraction of sp³-hybridized carbons (Fsp3) is 0.429. The number of aryl methyl sites for hydroxylation is 2. The van der Waals surface area contributed by atoms with Gasteiger partial charge < -0.3 is 9.84 Å². The lowest BCUT2D eigenvalue weighted by atomic mass is 9.99. The smallest absolute Gasteiger partial charge is 0.137 e. The van der Waals surface area contributed by atoms with Gasteiger partial charge in [0.2, 0.25) is 0 Å². The quantitative estimate of drug-likeness (QED) is 0.879. The minimum absolute atomic E-state index is 0.389. The fourth-order valence-electron chi connectivity index (χ4n) is 2.22. The van der Waals surface area contributed by atoms with E-state index >= 15 is 0 Å². The van der Waals surface area contributed by atoms with E-state index in [-0.39, 0.29) is 0 Å². The molecular weight excluding hydrogens is 226 g/mol. The van der Waals surface area contributed by atoms with Crippen LogP contribution in [0.15, 0.2) is 28.9 Å². The zero-order valence-corrected chi connectivity index (χ0v) is 11.1. The Morgan fingerprint density at radius 3 is 2.78 bits per heavy atom. The first-order valence-corrected chi connectivity index (χ1v) is 6.22. The molecule has 0 aliphatic heterocycles. The molecule has 0 fully saturated rings. The van der Waals surface area contributed by atoms with Crippen molar-refractivity contribution in [2.75, 3.05) is 6.54 Å². The molecule has 0 saturated carbocycles. The zero-order valence-electron chi connectivity index (χ0n) is 11.1. The molecular formula is C14H19N3O. The van der Waals surface area contributed by atoms with Crippen LogP contribution in [0, 0.1) is 13.8 Å². The maximum Gasteiger partial charge on any atom is 0.137 e. The van der Waals surface area contributed by atoms with E-state index in [9.17, 15) is 0 Å². The van der Waals surface area contributed by atoms with Crippen LogP contribution in [0.4, 0.5) is 0 Å². The molecule has 2 rings (SSSR count). The number of nitrogens with zero attached hydrogens (tertiary/aromatic N) is 2. The van der Waals surface area contributed by atoms with Crippen LogP contribution in [-0.2, 0) is 6.54 Å². The van der Waals surface area contributed by atoms with Crippen LogP contribution in [0.25, 0.3) is 0 Å². The molecule has 96 valence electrons. The molecule has 4 nitrogen and oxygen atoms in total. The Morgan fingerprint density at radius 2 is 2.17 bits per heavy atom. The lowest BCUT2D eigenvalue weighted by molar-refractivity contribution is 0.391. The monoisotopic (exact) mass is 245 g/mol. The van der Waals surface area contributed by atoms with Gasteiger partial charge in [-0.1, -0.05) is 18.1 Å². The van der Waals surface area contributed by atoms with Crippen molar-refractivity contribution in [1.82, 2.24) is 15.5 Å². The predicted molar refractivity (Wildman–Crippen MR) is 70.3 cm³/mol. The Morgan fingerprint density at radius 1 is 1.33 bits per heavy atom. The molecule has 4 heteroatoms. The molecule has 0 saturated heterocycles. The van der Waals surface area contributed by atoms with E-state index < -0.39 is 0 Å². The van der Waals surface area contributed by atoms with Gasteiger partial charge in [-0.05, 0) is 31.9 Å². The van der Waals surface area contributed by atoms with Crippen molar-refractivity contribution in [2.45, 2.75) is 33.2 Å². The number of pyridine rings is 1. The van der Waals surface area contributed by atoms with Crippen molar-refractivity contribution in [3.63, 3.8) is 0 Å². The summed E-state index contributed by atoms with van der Waals surface area (Å²) in [6.07, 6.45) is 1.81. The van der Waals surface area contributed by atoms with Crippen LogP contribution >= 0.6 is 0 Å². The summed E-state index contributed by atoms with van der Waals surface area (Å²) < 4.78 is 5.19. The van der Waals surface area contributed by atoms with Crippen molar-refractivity contribution >= 4 is 0 Å². The van der Waals surface area contributed by atoms with Crippen molar-refractivity contribution in [3.8, 4) is 0 Å². The van der Waals surface area contributed by atoms with E-state index in [4.69, 9.17) is 4.52 Å². The number of hydrogen-bond donors (Lipinski definition) is 1. The summed E-state index contributed by atoms with van der Waals surface area (Å²) in [5.41, 5.74) is 3.26. The summed E-state index contributed by atoms with van der Waals surface area (Å²) in [5.74, 6) is 1.31. The molecule has 1 N–H and O–H groups in total. The molecule has 0 aliphatic rings. The molecule has 0 spiro atoms. The van der Waals surface area contributed by atoms with Gasteiger partial charge in [-0.15, -0.1) is 0 Å². The van der Waals surface area contributed by atoms with Gasteiger partial charge in [-0.3, -0.25) is 4.98 Å². The highest BCUT2D eigenvalue weighted by Crippen LogP contribution is 2.22. The summed E-state index contributed by atoms with van der Waals surface area (Å²) in [7, 11) is 0. The van der Waals surface area contributed by atoms with E-state index in [1.54, 1.807) is 0 Å². The molecule has 0 radical (unpaired) electrons. The van der Waals surface area contributed by atoms with Crippen molar-refractivity contribution < 1.29 is 4.52 Å². The molecule has 2 heterocycles. The van der Waals surface area contributed by atoms with Crippen LogP contribution in [0.1, 0.15) is 35.6 Å². The summed E-state index contributed by atoms with van der Waals surface area (Å²) in [4.78, 5) is 4.28. The van der Waals surface area contributed by atoms with Gasteiger partial charge in [-0.25, -0.2) is 0 Å². The van der Waals surface area contributed by atoms with Gasteiger partial charge in [0.15, 0.2) is 0 Å². The Labute approximate surface area is 107 Å². The number of nitrogens with one attached hydrogen (secondary N) is 1. The minimum Gasteiger partial charge on any atom is -0.361 e. The van der Waals surface area contributed by atoms with E-state index in [0.29, 0.717) is 5.92 Å². The topological polar surface area (TPSA) is 51.0 Å². The summed E-state index contributed by atoms with van der Waals surface area (Å²) >= 11 is 0. The van der Waals surface area contributed by atoms with Crippen molar-refractivity contribution in [2.24, 2.45) is 0 Å². The van der Waals surface area contributed by atoms with Crippen molar-refractivity contribution in [3.05, 3.63) is 47.1 Å². The molecule has 0 aromatic carbocycles. The molecule has 18 heavy (non-hydrogen) atoms. The van der Waals surface area contributed by atoms with Crippen LogP contribution in [0.5, 0.6) is 0 Å². The van der Waals surface area contributed by atoms with Gasteiger partial charge in [0.05, 0.1) is 11.4 Å². The maximum absolute atomic E-state index is 5.19. The van der Waals surface area contributed by atoms with Crippen molar-refractivity contribution in [1.29, 1.82) is 0 Å². The van der Waals surface area contributed by atoms with Crippen LogP contribution < -0.4 is 5.32 Å². The average Bonchev–Trinajstić information content (AvgIpc) is 2.70.